The Labute approximate surface area is 166 Å². The van der Waals surface area contributed by atoms with Crippen LogP contribution in [-0.4, -0.2) is 70.2 Å². The van der Waals surface area contributed by atoms with Gasteiger partial charge < -0.3 is 19.1 Å². The van der Waals surface area contributed by atoms with Crippen LogP contribution in [0.5, 0.6) is 11.5 Å². The number of methoxy groups -OCH3 is 3. The van der Waals surface area contributed by atoms with E-state index >= 15 is 0 Å². The molecule has 0 unspecified atom stereocenters. The summed E-state index contributed by atoms with van der Waals surface area (Å²) in [5.74, 6) is 0.408. The van der Waals surface area contributed by atoms with Crippen LogP contribution in [0, 0.1) is 0 Å². The summed E-state index contributed by atoms with van der Waals surface area (Å²) in [6, 6.07) is 2.88. The molecule has 8 nitrogen and oxygen atoms in total. The molecular weight excluding hydrogens is 416 g/mol. The molecule has 2 fully saturated rings. The molecule has 0 spiro atoms. The summed E-state index contributed by atoms with van der Waals surface area (Å²) in [7, 11) is 1.21. The molecule has 0 saturated carbocycles. The minimum absolute atomic E-state index is 0.0303. The fourth-order valence-corrected chi connectivity index (χ4v) is 7.30. The number of amides is 1. The molecule has 1 aromatic carbocycles. The van der Waals surface area contributed by atoms with Crippen molar-refractivity contribution in [2.75, 3.05) is 44.3 Å². The molecule has 11 heteroatoms. The highest BCUT2D eigenvalue weighted by atomic mass is 35.5. The lowest BCUT2D eigenvalue weighted by atomic mass is 10.2. The van der Waals surface area contributed by atoms with Gasteiger partial charge in [-0.05, 0) is 6.07 Å². The number of hydrogen-bond donors (Lipinski definition) is 0. The third-order valence-electron chi connectivity index (χ3n) is 4.27. The van der Waals surface area contributed by atoms with Crippen LogP contribution in [0.15, 0.2) is 17.1 Å². The molecule has 0 aliphatic carbocycles. The summed E-state index contributed by atoms with van der Waals surface area (Å²) in [4.78, 5) is 17.8. The average Bonchev–Trinajstić information content (AvgIpc) is 3.05. The molecule has 0 bridgehead atoms. The topological polar surface area (TPSA) is 94.5 Å². The third-order valence-corrected chi connectivity index (χ3v) is 7.77. The van der Waals surface area contributed by atoms with E-state index in [9.17, 15) is 13.2 Å². The number of benzene rings is 1. The van der Waals surface area contributed by atoms with Gasteiger partial charge in [0.2, 0.25) is 0 Å². The van der Waals surface area contributed by atoms with Gasteiger partial charge in [-0.25, -0.2) is 8.42 Å². The number of thioether (sulfide) groups is 1. The SMILES string of the molecule is COCC(=O)N=C1S[C@@H]2CS(=O)(=O)C[C@@H]2N1c1cc(Cl)c(OC)cc1OC. The Morgan fingerprint density at radius 1 is 1.26 bits per heavy atom. The van der Waals surface area contributed by atoms with Gasteiger partial charge >= 0.3 is 0 Å². The van der Waals surface area contributed by atoms with E-state index in [0.717, 1.165) is 0 Å². The van der Waals surface area contributed by atoms with Crippen molar-refractivity contribution in [2.24, 2.45) is 4.99 Å². The minimum atomic E-state index is -3.18. The van der Waals surface area contributed by atoms with Gasteiger partial charge in [0.15, 0.2) is 15.0 Å². The van der Waals surface area contributed by atoms with Crippen LogP contribution in [0.2, 0.25) is 5.02 Å². The number of aliphatic imine (C=N–C) groups is 1. The van der Waals surface area contributed by atoms with Gasteiger partial charge in [0, 0.05) is 18.4 Å². The van der Waals surface area contributed by atoms with Crippen molar-refractivity contribution in [1.29, 1.82) is 0 Å². The second-order valence-corrected chi connectivity index (χ2v) is 9.82. The highest BCUT2D eigenvalue weighted by molar-refractivity contribution is 8.16. The Morgan fingerprint density at radius 3 is 2.59 bits per heavy atom. The maximum atomic E-state index is 12.1. The average molecular weight is 435 g/mol. The fraction of sp³-hybridized carbons (Fsp3) is 0.500. The zero-order chi connectivity index (χ0) is 19.8. The van der Waals surface area contributed by atoms with Gasteiger partial charge in [-0.1, -0.05) is 23.4 Å². The molecule has 0 radical (unpaired) electrons. The molecule has 1 aromatic rings. The standard InChI is InChI=1S/C16H19ClN2O6S2/c1-23-6-15(20)18-16-19(11-7-27(21,22)8-14(11)26-16)10-4-9(17)12(24-2)5-13(10)25-3/h4-5,11,14H,6-8H2,1-3H3/t11-,14+/m0/s1. The lowest BCUT2D eigenvalue weighted by molar-refractivity contribution is -0.121. The van der Waals surface area contributed by atoms with Crippen molar-refractivity contribution < 1.29 is 27.4 Å². The zero-order valence-electron chi connectivity index (χ0n) is 15.0. The number of ether oxygens (including phenoxy) is 3. The van der Waals surface area contributed by atoms with E-state index in [4.69, 9.17) is 25.8 Å². The maximum absolute atomic E-state index is 12.1. The monoisotopic (exact) mass is 434 g/mol. The normalized spacial score (nSPS) is 24.9. The van der Waals surface area contributed by atoms with Gasteiger partial charge in [0.25, 0.3) is 5.91 Å². The van der Waals surface area contributed by atoms with Crippen LogP contribution in [0.4, 0.5) is 5.69 Å². The van der Waals surface area contributed by atoms with Crippen molar-refractivity contribution in [2.45, 2.75) is 11.3 Å². The summed E-state index contributed by atoms with van der Waals surface area (Å²) in [5.41, 5.74) is 0.532. The molecule has 27 heavy (non-hydrogen) atoms. The van der Waals surface area contributed by atoms with Crippen LogP contribution in [-0.2, 0) is 19.4 Å². The first-order valence-electron chi connectivity index (χ1n) is 7.98. The number of sulfone groups is 1. The van der Waals surface area contributed by atoms with Crippen LogP contribution in [0.1, 0.15) is 0 Å². The Hall–Kier alpha value is -1.49. The Kier molecular flexibility index (Phi) is 5.90. The number of fused-ring (bicyclic) bond motifs is 1. The van der Waals surface area contributed by atoms with Crippen LogP contribution < -0.4 is 14.4 Å². The number of carbonyl (C=O) groups excluding carboxylic acids is 1. The molecule has 148 valence electrons. The van der Waals surface area contributed by atoms with E-state index in [1.165, 1.54) is 33.1 Å². The van der Waals surface area contributed by atoms with Crippen molar-refractivity contribution in [1.82, 2.24) is 0 Å². The van der Waals surface area contributed by atoms with E-state index in [1.54, 1.807) is 17.0 Å². The van der Waals surface area contributed by atoms with Crippen molar-refractivity contribution in [3.8, 4) is 11.5 Å². The molecular formula is C16H19ClN2O6S2. The summed E-state index contributed by atoms with van der Waals surface area (Å²) < 4.78 is 39.8. The number of hydrogen-bond acceptors (Lipinski definition) is 7. The summed E-state index contributed by atoms with van der Waals surface area (Å²) in [6.45, 7) is -0.161. The van der Waals surface area contributed by atoms with Crippen LogP contribution in [0.25, 0.3) is 0 Å². The molecule has 2 heterocycles. The minimum Gasteiger partial charge on any atom is -0.495 e. The molecule has 3 rings (SSSR count). The van der Waals surface area contributed by atoms with E-state index in [0.29, 0.717) is 27.4 Å². The van der Waals surface area contributed by atoms with Gasteiger partial charge in [-0.2, -0.15) is 4.99 Å². The zero-order valence-corrected chi connectivity index (χ0v) is 17.4. The van der Waals surface area contributed by atoms with Crippen molar-refractivity contribution >= 4 is 50.0 Å². The number of halogens is 1. The van der Waals surface area contributed by atoms with E-state index in [1.807, 2.05) is 0 Å². The number of nitrogens with zero attached hydrogens (tertiary/aromatic N) is 2. The molecule has 0 aromatic heterocycles. The number of rotatable bonds is 5. The molecule has 2 atom stereocenters. The Morgan fingerprint density at radius 2 is 1.96 bits per heavy atom. The second kappa shape index (κ2) is 7.86. The van der Waals surface area contributed by atoms with Gasteiger partial charge in [0.05, 0.1) is 42.5 Å². The summed E-state index contributed by atoms with van der Waals surface area (Å²) in [6.07, 6.45) is 0. The summed E-state index contributed by atoms with van der Waals surface area (Å²) >= 11 is 7.55. The molecule has 2 saturated heterocycles. The van der Waals surface area contributed by atoms with Crippen LogP contribution >= 0.6 is 23.4 Å². The van der Waals surface area contributed by atoms with Gasteiger partial charge in [-0.15, -0.1) is 0 Å². The number of carbonyl (C=O) groups is 1. The molecule has 0 N–H and O–H groups in total. The first kappa shape index (κ1) is 20.2. The lowest BCUT2D eigenvalue weighted by Gasteiger charge is -2.26. The largest absolute Gasteiger partial charge is 0.495 e. The van der Waals surface area contributed by atoms with E-state index in [-0.39, 0.29) is 29.4 Å². The quantitative estimate of drug-likeness (QED) is 0.689. The smallest absolute Gasteiger partial charge is 0.274 e. The predicted octanol–water partition coefficient (Wildman–Crippen LogP) is 1.60. The van der Waals surface area contributed by atoms with Crippen molar-refractivity contribution in [3.05, 3.63) is 17.2 Å². The first-order valence-corrected chi connectivity index (χ1v) is 11.1. The van der Waals surface area contributed by atoms with E-state index < -0.39 is 15.7 Å². The highest BCUT2D eigenvalue weighted by Crippen LogP contribution is 2.46. The Bertz CT molecular complexity index is 889. The second-order valence-electron chi connectivity index (χ2n) is 6.05. The van der Waals surface area contributed by atoms with Gasteiger partial charge in [-0.3, -0.25) is 4.79 Å². The fourth-order valence-electron chi connectivity index (χ4n) is 3.14. The lowest BCUT2D eigenvalue weighted by Crippen LogP contribution is -2.38. The number of anilines is 1. The maximum Gasteiger partial charge on any atom is 0.274 e. The molecule has 1 amide bonds. The predicted molar refractivity (Wildman–Crippen MR) is 105 cm³/mol. The van der Waals surface area contributed by atoms with Crippen LogP contribution in [0.3, 0.4) is 0 Å². The molecule has 2 aliphatic heterocycles. The van der Waals surface area contributed by atoms with E-state index in [2.05, 4.69) is 4.99 Å². The van der Waals surface area contributed by atoms with Crippen molar-refractivity contribution in [3.63, 3.8) is 0 Å². The number of amidine groups is 1. The van der Waals surface area contributed by atoms with Gasteiger partial charge in [0.1, 0.15) is 18.1 Å². The first-order chi connectivity index (χ1) is 12.8. The highest BCUT2D eigenvalue weighted by Gasteiger charge is 2.50. The summed E-state index contributed by atoms with van der Waals surface area (Å²) in [5, 5.41) is 0.515. The molecule has 2 aliphatic rings. The third kappa shape index (κ3) is 4.03. The Balaban J connectivity index is 2.10.